The molecule has 23 heavy (non-hydrogen) atoms. The molecule has 0 aliphatic carbocycles. The first-order valence-corrected chi connectivity index (χ1v) is 7.11. The number of aromatic nitrogens is 2. The molecule has 7 nitrogen and oxygen atoms in total. The van der Waals surface area contributed by atoms with E-state index >= 15 is 0 Å². The van der Waals surface area contributed by atoms with Crippen molar-refractivity contribution in [1.82, 2.24) is 14.9 Å². The van der Waals surface area contributed by atoms with Crippen LogP contribution in [0.3, 0.4) is 0 Å². The predicted octanol–water partition coefficient (Wildman–Crippen LogP) is 0.615. The second-order valence-electron chi connectivity index (χ2n) is 5.12. The number of hydrogen-bond donors (Lipinski definition) is 2. The number of aryl methyl sites for hydroxylation is 2. The maximum atomic E-state index is 11.9. The van der Waals surface area contributed by atoms with Crippen molar-refractivity contribution in [2.45, 2.75) is 20.4 Å². The minimum absolute atomic E-state index is 0.165. The van der Waals surface area contributed by atoms with Crippen LogP contribution in [0.4, 0.5) is 5.69 Å². The number of carbonyl (C=O) groups is 2. The lowest BCUT2D eigenvalue weighted by molar-refractivity contribution is -0.124. The molecule has 0 radical (unpaired) electrons. The second-order valence-corrected chi connectivity index (χ2v) is 5.12. The molecule has 0 atom stereocenters. The van der Waals surface area contributed by atoms with E-state index in [2.05, 4.69) is 15.6 Å². The first-order chi connectivity index (χ1) is 11.0. The van der Waals surface area contributed by atoms with Crippen LogP contribution < -0.4 is 16.3 Å². The van der Waals surface area contributed by atoms with Crippen molar-refractivity contribution in [3.05, 3.63) is 58.3 Å². The van der Waals surface area contributed by atoms with Crippen LogP contribution in [-0.2, 0) is 16.1 Å². The molecule has 1 heterocycles. The average molecular weight is 314 g/mol. The van der Waals surface area contributed by atoms with Gasteiger partial charge in [0.15, 0.2) is 0 Å². The average Bonchev–Trinajstić information content (AvgIpc) is 2.51. The minimum atomic E-state index is -0.511. The zero-order valence-electron chi connectivity index (χ0n) is 13.0. The van der Waals surface area contributed by atoms with Crippen LogP contribution in [0.15, 0.2) is 41.5 Å². The van der Waals surface area contributed by atoms with E-state index in [4.69, 9.17) is 0 Å². The topological polar surface area (TPSA) is 93.1 Å². The van der Waals surface area contributed by atoms with Crippen molar-refractivity contribution >= 4 is 17.5 Å². The van der Waals surface area contributed by atoms with E-state index < -0.39 is 11.6 Å². The molecule has 0 saturated heterocycles. The van der Waals surface area contributed by atoms with Gasteiger partial charge in [-0.1, -0.05) is 18.2 Å². The first kappa shape index (κ1) is 16.4. The van der Waals surface area contributed by atoms with Crippen LogP contribution in [-0.4, -0.2) is 27.9 Å². The lowest BCUT2D eigenvalue weighted by Crippen LogP contribution is -2.37. The molecule has 1 aromatic carbocycles. The lowest BCUT2D eigenvalue weighted by Gasteiger charge is -2.12. The zero-order valence-corrected chi connectivity index (χ0v) is 13.0. The molecule has 0 unspecified atom stereocenters. The summed E-state index contributed by atoms with van der Waals surface area (Å²) in [4.78, 5) is 38.7. The SMILES string of the molecule is Cc1cccc(C)c1NC(=O)CNC(=O)Cn1cccnc1=O. The number of amides is 2. The maximum absolute atomic E-state index is 11.9. The van der Waals surface area contributed by atoms with Crippen LogP contribution >= 0.6 is 0 Å². The Hall–Kier alpha value is -2.96. The lowest BCUT2D eigenvalue weighted by atomic mass is 10.1. The third kappa shape index (κ3) is 4.50. The van der Waals surface area contributed by atoms with Crippen LogP contribution in [0.2, 0.25) is 0 Å². The summed E-state index contributed by atoms with van der Waals surface area (Å²) in [6, 6.07) is 7.27. The van der Waals surface area contributed by atoms with Crippen molar-refractivity contribution < 1.29 is 9.59 Å². The summed E-state index contributed by atoms with van der Waals surface area (Å²) in [6.07, 6.45) is 2.82. The number of rotatable bonds is 5. The number of benzene rings is 1. The third-order valence-electron chi connectivity index (χ3n) is 3.29. The van der Waals surface area contributed by atoms with E-state index in [0.717, 1.165) is 16.8 Å². The van der Waals surface area contributed by atoms with Gasteiger partial charge < -0.3 is 10.6 Å². The van der Waals surface area contributed by atoms with Crippen LogP contribution in [0.25, 0.3) is 0 Å². The second kappa shape index (κ2) is 7.35. The van der Waals surface area contributed by atoms with E-state index in [-0.39, 0.29) is 19.0 Å². The number of anilines is 1. The smallest absolute Gasteiger partial charge is 0.345 e. The summed E-state index contributed by atoms with van der Waals surface area (Å²) in [7, 11) is 0. The number of hydrogen-bond acceptors (Lipinski definition) is 4. The van der Waals surface area contributed by atoms with Crippen molar-refractivity contribution in [1.29, 1.82) is 0 Å². The Morgan fingerprint density at radius 3 is 2.48 bits per heavy atom. The Labute approximate surface area is 133 Å². The van der Waals surface area contributed by atoms with Gasteiger partial charge in [-0.25, -0.2) is 9.78 Å². The van der Waals surface area contributed by atoms with E-state index in [0.29, 0.717) is 0 Å². The maximum Gasteiger partial charge on any atom is 0.347 e. The van der Waals surface area contributed by atoms with Crippen molar-refractivity contribution in [2.24, 2.45) is 0 Å². The molecule has 0 saturated carbocycles. The molecule has 0 aliphatic rings. The summed E-state index contributed by atoms with van der Waals surface area (Å²) in [5.41, 5.74) is 2.14. The molecule has 0 aliphatic heterocycles. The normalized spacial score (nSPS) is 10.2. The molecule has 1 aromatic heterocycles. The number of carbonyl (C=O) groups excluding carboxylic acids is 2. The summed E-state index contributed by atoms with van der Waals surface area (Å²) >= 11 is 0. The fraction of sp³-hybridized carbons (Fsp3) is 0.250. The molecule has 120 valence electrons. The van der Waals surface area contributed by atoms with Crippen LogP contribution in [0.1, 0.15) is 11.1 Å². The van der Waals surface area contributed by atoms with Gasteiger partial charge in [-0.05, 0) is 31.0 Å². The molecule has 7 heteroatoms. The Morgan fingerprint density at radius 2 is 1.83 bits per heavy atom. The Balaban J connectivity index is 1.88. The van der Waals surface area contributed by atoms with Gasteiger partial charge in [0.2, 0.25) is 11.8 Å². The minimum Gasteiger partial charge on any atom is -0.345 e. The fourth-order valence-electron chi connectivity index (χ4n) is 2.09. The monoisotopic (exact) mass is 314 g/mol. The largest absolute Gasteiger partial charge is 0.347 e. The van der Waals surface area contributed by atoms with Gasteiger partial charge in [0.05, 0.1) is 6.54 Å². The van der Waals surface area contributed by atoms with Gasteiger partial charge in [0.25, 0.3) is 0 Å². The summed E-state index contributed by atoms with van der Waals surface area (Å²) in [5, 5.41) is 5.25. The molecule has 2 N–H and O–H groups in total. The van der Waals surface area contributed by atoms with Gasteiger partial charge in [0, 0.05) is 18.1 Å². The molecule has 2 amide bonds. The van der Waals surface area contributed by atoms with Crippen LogP contribution in [0.5, 0.6) is 0 Å². The fourth-order valence-corrected chi connectivity index (χ4v) is 2.09. The number of nitrogens with one attached hydrogen (secondary N) is 2. The molecule has 0 fully saturated rings. The molecule has 0 bridgehead atoms. The summed E-state index contributed by atoms with van der Waals surface area (Å²) in [6.45, 7) is 3.46. The highest BCUT2D eigenvalue weighted by Crippen LogP contribution is 2.18. The van der Waals surface area contributed by atoms with Gasteiger partial charge in [-0.3, -0.25) is 14.2 Å². The predicted molar refractivity (Wildman–Crippen MR) is 86.1 cm³/mol. The van der Waals surface area contributed by atoms with Gasteiger partial charge in [0.1, 0.15) is 6.54 Å². The van der Waals surface area contributed by atoms with Gasteiger partial charge in [-0.15, -0.1) is 0 Å². The van der Waals surface area contributed by atoms with E-state index in [9.17, 15) is 14.4 Å². The van der Waals surface area contributed by atoms with E-state index in [1.165, 1.54) is 17.0 Å². The van der Waals surface area contributed by atoms with Crippen molar-refractivity contribution in [3.63, 3.8) is 0 Å². The standard InChI is InChI=1S/C16H18N4O3/c1-11-5-3-6-12(2)15(11)19-13(21)9-18-14(22)10-20-8-4-7-17-16(20)23/h3-8H,9-10H2,1-2H3,(H,18,22)(H,19,21). The highest BCUT2D eigenvalue weighted by molar-refractivity contribution is 5.95. The number of nitrogens with zero attached hydrogens (tertiary/aromatic N) is 2. The van der Waals surface area contributed by atoms with Gasteiger partial charge >= 0.3 is 5.69 Å². The Morgan fingerprint density at radius 1 is 1.13 bits per heavy atom. The quantitative estimate of drug-likeness (QED) is 0.846. The highest BCUT2D eigenvalue weighted by Gasteiger charge is 2.09. The van der Waals surface area contributed by atoms with Gasteiger partial charge in [-0.2, -0.15) is 0 Å². The molecule has 2 aromatic rings. The van der Waals surface area contributed by atoms with Crippen molar-refractivity contribution in [2.75, 3.05) is 11.9 Å². The van der Waals surface area contributed by atoms with Crippen molar-refractivity contribution in [3.8, 4) is 0 Å². The highest BCUT2D eigenvalue weighted by atomic mass is 16.2. The molecule has 2 rings (SSSR count). The summed E-state index contributed by atoms with van der Waals surface area (Å²) < 4.78 is 1.17. The Kier molecular flexibility index (Phi) is 5.24. The van der Waals surface area contributed by atoms with E-state index in [1.54, 1.807) is 6.07 Å². The number of para-hydroxylation sites is 1. The summed E-state index contributed by atoms with van der Waals surface area (Å²) in [5.74, 6) is -0.758. The zero-order chi connectivity index (χ0) is 16.8. The Bertz CT molecular complexity index is 763. The molecular weight excluding hydrogens is 296 g/mol. The van der Waals surface area contributed by atoms with E-state index in [1.807, 2.05) is 32.0 Å². The third-order valence-corrected chi connectivity index (χ3v) is 3.29. The van der Waals surface area contributed by atoms with Crippen LogP contribution in [0, 0.1) is 13.8 Å². The first-order valence-electron chi connectivity index (χ1n) is 7.11. The molecular formula is C16H18N4O3. The molecule has 0 spiro atoms.